The molecule has 0 saturated heterocycles. The first-order chi connectivity index (χ1) is 16.2. The summed E-state index contributed by atoms with van der Waals surface area (Å²) in [7, 11) is 0. The summed E-state index contributed by atoms with van der Waals surface area (Å²) < 4.78 is 18.1. The second-order valence-electron chi connectivity index (χ2n) is 7.68. The van der Waals surface area contributed by atoms with Gasteiger partial charge in [0.25, 0.3) is 0 Å². The van der Waals surface area contributed by atoms with Gasteiger partial charge in [-0.15, -0.1) is 0 Å². The molecule has 33 heavy (non-hydrogen) atoms. The molecule has 0 fully saturated rings. The Hall–Kier alpha value is -4.26. The van der Waals surface area contributed by atoms with Crippen molar-refractivity contribution in [2.45, 2.75) is 13.1 Å². The predicted octanol–water partition coefficient (Wildman–Crippen LogP) is 3.95. The highest BCUT2D eigenvalue weighted by Crippen LogP contribution is 2.32. The molecule has 0 saturated carbocycles. The number of ether oxygens (including phenoxy) is 3. The van der Waals surface area contributed by atoms with Crippen molar-refractivity contribution in [1.29, 1.82) is 0 Å². The maximum absolute atomic E-state index is 12.9. The zero-order valence-corrected chi connectivity index (χ0v) is 17.8. The molecule has 1 amide bonds. The van der Waals surface area contributed by atoms with Gasteiger partial charge in [-0.3, -0.25) is 9.59 Å². The first-order valence-electron chi connectivity index (χ1n) is 10.6. The van der Waals surface area contributed by atoms with Crippen molar-refractivity contribution >= 4 is 22.6 Å². The summed E-state index contributed by atoms with van der Waals surface area (Å²) in [6, 6.07) is 22.3. The van der Waals surface area contributed by atoms with Gasteiger partial charge in [0.2, 0.25) is 18.5 Å². The SMILES string of the molecule is O=C(Cn1cc(C(=O)COc2ccccc2)c2ccccc21)NCc1ccc2c(c1)OCO2. The number of carbonyl (C=O) groups is 2. The van der Waals surface area contributed by atoms with E-state index < -0.39 is 0 Å². The zero-order valence-electron chi connectivity index (χ0n) is 17.8. The maximum atomic E-state index is 12.9. The van der Waals surface area contributed by atoms with E-state index in [4.69, 9.17) is 14.2 Å². The highest BCUT2D eigenvalue weighted by Gasteiger charge is 2.17. The van der Waals surface area contributed by atoms with Crippen molar-refractivity contribution in [2.24, 2.45) is 0 Å². The fraction of sp³-hybridized carbons (Fsp3) is 0.154. The smallest absolute Gasteiger partial charge is 0.240 e. The largest absolute Gasteiger partial charge is 0.485 e. The number of fused-ring (bicyclic) bond motifs is 2. The van der Waals surface area contributed by atoms with Crippen molar-refractivity contribution < 1.29 is 23.8 Å². The van der Waals surface area contributed by atoms with Crippen molar-refractivity contribution in [3.63, 3.8) is 0 Å². The normalized spacial score (nSPS) is 12.0. The second kappa shape index (κ2) is 9.08. The quantitative estimate of drug-likeness (QED) is 0.418. The fourth-order valence-corrected chi connectivity index (χ4v) is 3.81. The van der Waals surface area contributed by atoms with Gasteiger partial charge < -0.3 is 24.1 Å². The van der Waals surface area contributed by atoms with E-state index in [1.807, 2.05) is 60.7 Å². The minimum atomic E-state index is -0.159. The number of amides is 1. The Morgan fingerprint density at radius 1 is 0.939 bits per heavy atom. The Kier molecular flexibility index (Phi) is 5.68. The van der Waals surface area contributed by atoms with Crippen molar-refractivity contribution in [3.05, 3.63) is 90.1 Å². The van der Waals surface area contributed by atoms with Gasteiger partial charge >= 0.3 is 0 Å². The van der Waals surface area contributed by atoms with Crippen LogP contribution in [0.15, 0.2) is 79.0 Å². The van der Waals surface area contributed by atoms with Gasteiger partial charge in [0.05, 0.1) is 0 Å². The number of hydrogen-bond acceptors (Lipinski definition) is 5. The minimum absolute atomic E-state index is 0.0751. The molecule has 7 nitrogen and oxygen atoms in total. The number of ketones is 1. The van der Waals surface area contributed by atoms with Crippen LogP contribution in [0.4, 0.5) is 0 Å². The maximum Gasteiger partial charge on any atom is 0.240 e. The van der Waals surface area contributed by atoms with Crippen LogP contribution in [0.1, 0.15) is 15.9 Å². The summed E-state index contributed by atoms with van der Waals surface area (Å²) in [5.41, 5.74) is 2.27. The Bertz CT molecular complexity index is 1310. The molecule has 0 unspecified atom stereocenters. The lowest BCUT2D eigenvalue weighted by atomic mass is 10.1. The molecule has 0 radical (unpaired) electrons. The van der Waals surface area contributed by atoms with Crippen LogP contribution >= 0.6 is 0 Å². The van der Waals surface area contributed by atoms with E-state index in [1.165, 1.54) is 0 Å². The molecule has 1 aliphatic heterocycles. The Balaban J connectivity index is 1.27. The molecule has 2 heterocycles. The summed E-state index contributed by atoms with van der Waals surface area (Å²) in [5.74, 6) is 1.72. The summed E-state index contributed by atoms with van der Waals surface area (Å²) in [6.07, 6.45) is 1.72. The molecule has 5 rings (SSSR count). The molecule has 1 aliphatic rings. The molecule has 1 aromatic heterocycles. The second-order valence-corrected chi connectivity index (χ2v) is 7.68. The topological polar surface area (TPSA) is 78.8 Å². The van der Waals surface area contributed by atoms with E-state index in [9.17, 15) is 9.59 Å². The fourth-order valence-electron chi connectivity index (χ4n) is 3.81. The third-order valence-electron chi connectivity index (χ3n) is 5.44. The van der Waals surface area contributed by atoms with Gasteiger partial charge in [-0.2, -0.15) is 0 Å². The molecule has 0 bridgehead atoms. The average molecular weight is 442 g/mol. The van der Waals surface area contributed by atoms with Crippen LogP contribution in [0.25, 0.3) is 10.9 Å². The van der Waals surface area contributed by atoms with Crippen molar-refractivity contribution in [3.8, 4) is 17.2 Å². The van der Waals surface area contributed by atoms with E-state index in [0.29, 0.717) is 29.4 Å². The van der Waals surface area contributed by atoms with E-state index in [-0.39, 0.29) is 31.6 Å². The monoisotopic (exact) mass is 442 g/mol. The lowest BCUT2D eigenvalue weighted by molar-refractivity contribution is -0.121. The van der Waals surface area contributed by atoms with Crippen LogP contribution in [-0.4, -0.2) is 29.7 Å². The van der Waals surface area contributed by atoms with Crippen LogP contribution in [0, 0.1) is 0 Å². The van der Waals surface area contributed by atoms with Gasteiger partial charge in [-0.25, -0.2) is 0 Å². The van der Waals surface area contributed by atoms with E-state index in [1.54, 1.807) is 22.9 Å². The number of benzene rings is 3. The molecule has 3 aromatic carbocycles. The number of carbonyl (C=O) groups excluding carboxylic acids is 2. The van der Waals surface area contributed by atoms with E-state index in [0.717, 1.165) is 16.5 Å². The number of nitrogens with one attached hydrogen (secondary N) is 1. The van der Waals surface area contributed by atoms with Crippen molar-refractivity contribution in [1.82, 2.24) is 9.88 Å². The highest BCUT2D eigenvalue weighted by molar-refractivity contribution is 6.09. The Morgan fingerprint density at radius 3 is 2.61 bits per heavy atom. The molecule has 0 spiro atoms. The predicted molar refractivity (Wildman–Crippen MR) is 123 cm³/mol. The summed E-state index contributed by atoms with van der Waals surface area (Å²) in [4.78, 5) is 25.5. The highest BCUT2D eigenvalue weighted by atomic mass is 16.7. The molecule has 1 N–H and O–H groups in total. The number of para-hydroxylation sites is 2. The molecular weight excluding hydrogens is 420 g/mol. The van der Waals surface area contributed by atoms with Gasteiger partial charge in [0.15, 0.2) is 18.1 Å². The molecule has 0 atom stereocenters. The van der Waals surface area contributed by atoms with Gasteiger partial charge in [0.1, 0.15) is 12.3 Å². The number of nitrogens with zero attached hydrogens (tertiary/aromatic N) is 1. The Morgan fingerprint density at radius 2 is 1.73 bits per heavy atom. The number of Topliss-reactive ketones (excluding diaryl/α,β-unsaturated/α-hetero) is 1. The first kappa shape index (κ1) is 20.6. The number of hydrogen-bond donors (Lipinski definition) is 1. The molecule has 7 heteroatoms. The van der Waals surface area contributed by atoms with Crippen LogP contribution in [0.3, 0.4) is 0 Å². The molecule has 0 aliphatic carbocycles. The van der Waals surface area contributed by atoms with E-state index in [2.05, 4.69) is 5.32 Å². The van der Waals surface area contributed by atoms with Gasteiger partial charge in [0, 0.05) is 29.2 Å². The molecule has 4 aromatic rings. The first-order valence-corrected chi connectivity index (χ1v) is 10.6. The summed E-state index contributed by atoms with van der Waals surface area (Å²) >= 11 is 0. The standard InChI is InChI=1S/C26H22N2O5/c29-23(16-31-19-6-2-1-3-7-19)21-14-28(22-9-5-4-8-20(21)22)15-26(30)27-13-18-10-11-24-25(12-18)33-17-32-24/h1-12,14H,13,15-17H2,(H,27,30). The van der Waals surface area contributed by atoms with Crippen molar-refractivity contribution in [2.75, 3.05) is 13.4 Å². The third kappa shape index (κ3) is 4.52. The zero-order chi connectivity index (χ0) is 22.6. The van der Waals surface area contributed by atoms with Crippen LogP contribution in [0.5, 0.6) is 17.2 Å². The number of rotatable bonds is 8. The third-order valence-corrected chi connectivity index (χ3v) is 5.44. The molecule has 166 valence electrons. The van der Waals surface area contributed by atoms with Crippen LogP contribution in [0.2, 0.25) is 0 Å². The number of aromatic nitrogens is 1. The van der Waals surface area contributed by atoms with Gasteiger partial charge in [-0.05, 0) is 35.9 Å². The lowest BCUT2D eigenvalue weighted by Gasteiger charge is -2.08. The van der Waals surface area contributed by atoms with E-state index >= 15 is 0 Å². The Labute approximate surface area is 190 Å². The lowest BCUT2D eigenvalue weighted by Crippen LogP contribution is -2.26. The minimum Gasteiger partial charge on any atom is -0.485 e. The summed E-state index contributed by atoms with van der Waals surface area (Å²) in [5, 5.41) is 3.72. The van der Waals surface area contributed by atoms with Gasteiger partial charge in [-0.1, -0.05) is 42.5 Å². The van der Waals surface area contributed by atoms with Crippen LogP contribution < -0.4 is 19.5 Å². The molecular formula is C26H22N2O5. The van der Waals surface area contributed by atoms with Crippen LogP contribution in [-0.2, 0) is 17.9 Å². The average Bonchev–Trinajstić information content (AvgIpc) is 3.46. The summed E-state index contributed by atoms with van der Waals surface area (Å²) in [6.45, 7) is 0.598.